The summed E-state index contributed by atoms with van der Waals surface area (Å²) in [5.74, 6) is -2.91. The van der Waals surface area contributed by atoms with Gasteiger partial charge in [0.25, 0.3) is 0 Å². The second kappa shape index (κ2) is 81.1. The van der Waals surface area contributed by atoms with Crippen molar-refractivity contribution in [2.75, 3.05) is 310 Å². The van der Waals surface area contributed by atoms with Gasteiger partial charge in [0.05, 0.1) is 257 Å². The normalized spacial score (nSPS) is 11.9. The number of hydroxylamine groups is 2. The van der Waals surface area contributed by atoms with Gasteiger partial charge in [0.2, 0.25) is 23.6 Å². The first-order valence-electron chi connectivity index (χ1n) is 38.9. The first kappa shape index (κ1) is 108. The fourth-order valence-electron chi connectivity index (χ4n) is 8.74. The molecule has 0 spiro atoms. The van der Waals surface area contributed by atoms with Crippen molar-refractivity contribution in [2.45, 2.75) is 104 Å². The lowest BCUT2D eigenvalue weighted by molar-refractivity contribution is -0.148. The molecule has 0 saturated heterocycles. The zero-order valence-electron chi connectivity index (χ0n) is 68.6. The van der Waals surface area contributed by atoms with Gasteiger partial charge in [-0.05, 0) is 90.2 Å². The van der Waals surface area contributed by atoms with Crippen LogP contribution in [0.3, 0.4) is 0 Å². The van der Waals surface area contributed by atoms with Gasteiger partial charge < -0.3 is 125 Å². The Morgan fingerprint density at radius 3 is 0.896 bits per heavy atom. The maximum absolute atomic E-state index is 14.3. The first-order chi connectivity index (χ1) is 55.8. The van der Waals surface area contributed by atoms with Crippen LogP contribution in [0.15, 0.2) is 15.3 Å². The Bertz CT molecular complexity index is 2530. The van der Waals surface area contributed by atoms with E-state index in [4.69, 9.17) is 126 Å². The highest BCUT2D eigenvalue weighted by Crippen LogP contribution is 2.18. The Kier molecular flexibility index (Phi) is 76.5. The largest absolute Gasteiger partial charge is 0.444 e. The van der Waals surface area contributed by atoms with Crippen molar-refractivity contribution in [1.29, 1.82) is 0 Å². The number of nitrogens with zero attached hydrogens (tertiary/aromatic N) is 10. The van der Waals surface area contributed by atoms with E-state index >= 15 is 0 Å². The van der Waals surface area contributed by atoms with Crippen LogP contribution in [0.25, 0.3) is 31.3 Å². The SMILES string of the molecule is CC(C)(C)OC(=O)N(OCCOCCOCCOCCOCCOCCNC(=O)[C@H](CCCCNC(=O)COCCOCCOCCOCCOCCN=[N+]=[N-])CC(=O)[C@H](CCCCNC(=O)COCCOCCOCCOCCOCCN=[N+]=[N-])NC(=O)COCCOCCOCCOCCOCCN=[N+]=[N-])C(=O)OC(C)(C)C. The minimum atomic E-state index is -1.02. The number of nitrogens with one attached hydrogen (secondary N) is 4. The summed E-state index contributed by atoms with van der Waals surface area (Å²) in [6, 6.07) is -1.02. The van der Waals surface area contributed by atoms with Crippen LogP contribution >= 0.6 is 0 Å². The van der Waals surface area contributed by atoms with E-state index in [2.05, 4.69) is 51.3 Å². The topological polar surface area (TPSA) is 529 Å². The highest BCUT2D eigenvalue weighted by atomic mass is 16.8. The van der Waals surface area contributed by atoms with E-state index in [0.29, 0.717) is 163 Å². The molecule has 0 unspecified atom stereocenters. The molecule has 0 aliphatic rings. The molecule has 115 heavy (non-hydrogen) atoms. The van der Waals surface area contributed by atoms with Gasteiger partial charge in [-0.25, -0.2) is 9.59 Å². The Morgan fingerprint density at radius 2 is 0.591 bits per heavy atom. The average molecular weight is 1660 g/mol. The number of rotatable bonds is 85. The average Bonchev–Trinajstić information content (AvgIpc) is 0.863. The van der Waals surface area contributed by atoms with Gasteiger partial charge in [-0.2, -0.15) is 0 Å². The number of ketones is 1. The second-order valence-electron chi connectivity index (χ2n) is 26.0. The van der Waals surface area contributed by atoms with E-state index in [1.54, 1.807) is 41.5 Å². The molecule has 0 aromatic carbocycles. The number of azide groups is 3. The quantitative estimate of drug-likeness (QED) is 0.0219. The molecule has 0 bridgehead atoms. The number of carbonyl (C=O) groups is 7. The summed E-state index contributed by atoms with van der Waals surface area (Å²) in [7, 11) is 0. The van der Waals surface area contributed by atoms with Crippen LogP contribution in [0.4, 0.5) is 9.59 Å². The molecule has 4 N–H and O–H groups in total. The van der Waals surface area contributed by atoms with Gasteiger partial charge in [0.1, 0.15) is 31.0 Å². The van der Waals surface area contributed by atoms with E-state index in [0.717, 1.165) is 0 Å². The lowest BCUT2D eigenvalue weighted by atomic mass is 9.91. The summed E-state index contributed by atoms with van der Waals surface area (Å²) >= 11 is 0. The van der Waals surface area contributed by atoms with E-state index in [1.165, 1.54) is 0 Å². The number of carbonyl (C=O) groups excluding carboxylic acids is 7. The molecular formula is C71H132N14O30. The zero-order valence-corrected chi connectivity index (χ0v) is 68.6. The molecule has 0 aromatic heterocycles. The summed E-state index contributed by atoms with van der Waals surface area (Å²) in [4.78, 5) is 105. The van der Waals surface area contributed by atoms with Crippen molar-refractivity contribution in [3.8, 4) is 0 Å². The van der Waals surface area contributed by atoms with Gasteiger partial charge in [-0.3, -0.25) is 28.8 Å². The van der Waals surface area contributed by atoms with Gasteiger partial charge in [0, 0.05) is 66.3 Å². The smallest absolute Gasteiger partial charge is 0.442 e. The van der Waals surface area contributed by atoms with E-state index < -0.39 is 52.9 Å². The van der Waals surface area contributed by atoms with Crippen LogP contribution in [0.5, 0.6) is 0 Å². The first-order valence-corrected chi connectivity index (χ1v) is 38.9. The minimum Gasteiger partial charge on any atom is -0.442 e. The fourth-order valence-corrected chi connectivity index (χ4v) is 8.74. The van der Waals surface area contributed by atoms with Crippen LogP contribution in [0.1, 0.15) is 86.5 Å². The molecule has 0 radical (unpaired) electrons. The lowest BCUT2D eigenvalue weighted by Gasteiger charge is -2.27. The number of Topliss-reactive ketones (excluding diaryl/α,β-unsaturated/α-hetero) is 1. The maximum Gasteiger partial charge on any atom is 0.444 e. The van der Waals surface area contributed by atoms with Crippen LogP contribution in [0, 0.1) is 5.92 Å². The molecule has 0 aliphatic heterocycles. The molecule has 6 amide bonds. The van der Waals surface area contributed by atoms with E-state index in [-0.39, 0.29) is 209 Å². The Morgan fingerprint density at radius 1 is 0.322 bits per heavy atom. The third-order valence-electron chi connectivity index (χ3n) is 14.0. The van der Waals surface area contributed by atoms with Crippen LogP contribution in [0.2, 0.25) is 0 Å². The van der Waals surface area contributed by atoms with Crippen molar-refractivity contribution in [2.24, 2.45) is 21.3 Å². The number of ether oxygens (including phenoxy) is 22. The predicted octanol–water partition coefficient (Wildman–Crippen LogP) is 4.10. The summed E-state index contributed by atoms with van der Waals surface area (Å²) in [5.41, 5.74) is 23.1. The third kappa shape index (κ3) is 79.6. The van der Waals surface area contributed by atoms with Gasteiger partial charge in [-0.1, -0.05) is 26.8 Å². The number of hydrogen-bond acceptors (Lipinski definition) is 33. The number of unbranched alkanes of at least 4 members (excludes halogenated alkanes) is 2. The minimum absolute atomic E-state index is 0.0428. The highest BCUT2D eigenvalue weighted by molar-refractivity contribution is 5.92. The van der Waals surface area contributed by atoms with Crippen molar-refractivity contribution >= 4 is 41.6 Å². The summed E-state index contributed by atoms with van der Waals surface area (Å²) in [5, 5.41) is 21.9. The van der Waals surface area contributed by atoms with Gasteiger partial charge >= 0.3 is 12.2 Å². The van der Waals surface area contributed by atoms with Crippen molar-refractivity contribution in [3.63, 3.8) is 0 Å². The maximum atomic E-state index is 14.3. The van der Waals surface area contributed by atoms with Crippen molar-refractivity contribution in [1.82, 2.24) is 26.3 Å². The monoisotopic (exact) mass is 1660 g/mol. The highest BCUT2D eigenvalue weighted by Gasteiger charge is 2.33. The molecule has 0 rings (SSSR count). The zero-order chi connectivity index (χ0) is 84.3. The number of amides is 6. The fraction of sp³-hybridized carbons (Fsp3) is 0.901. The van der Waals surface area contributed by atoms with E-state index in [9.17, 15) is 33.6 Å². The van der Waals surface area contributed by atoms with Gasteiger partial charge in [-0.15, -0.1) is 0 Å². The number of hydrogen-bond donors (Lipinski definition) is 4. The molecule has 0 aliphatic carbocycles. The Labute approximate surface area is 674 Å². The second-order valence-corrected chi connectivity index (χ2v) is 26.0. The molecule has 0 saturated carbocycles. The molecule has 0 fully saturated rings. The molecule has 44 nitrogen and oxygen atoms in total. The molecule has 0 aromatic rings. The van der Waals surface area contributed by atoms with Crippen LogP contribution < -0.4 is 21.3 Å². The Balaban J connectivity index is 5.43. The molecule has 0 heterocycles. The predicted molar refractivity (Wildman–Crippen MR) is 410 cm³/mol. The summed E-state index contributed by atoms with van der Waals surface area (Å²) in [6.45, 7) is 20.8. The molecule has 44 heteroatoms. The van der Waals surface area contributed by atoms with Gasteiger partial charge in [0.15, 0.2) is 5.78 Å². The standard InChI is InChI=1S/C71H132N14O30/c1-70(2,3)114-68(91)85(69(92)115-71(4,5)6)113-56-55-109-48-47-105-40-39-101-35-31-97-27-23-93-19-15-77-67(90)61(11-7-9-13-75-64(87)58-110-52-49-106-44-41-102-36-32-98-28-24-94-20-16-78-82-72)57-63(86)62(81-66(89)60-112-54-51-108-46-43-104-38-34-100-30-26-96-22-18-80-84-74)12-8-10-14-76-65(88)59-111-53-50-107-45-42-103-37-33-99-29-25-95-21-17-79-83-73/h61-62H,7-60H2,1-6H3,(H,75,87)(H,76,88)(H,77,90)(H,81,89)/t61-,62+/m1/s1. The lowest BCUT2D eigenvalue weighted by Crippen LogP contribution is -2.44. The molecule has 2 atom stereocenters. The Hall–Kier alpha value is -6.62. The molecular weight excluding hydrogens is 1530 g/mol. The van der Waals surface area contributed by atoms with E-state index in [1.807, 2.05) is 0 Å². The summed E-state index contributed by atoms with van der Waals surface area (Å²) in [6.07, 6.45) is -0.0994. The summed E-state index contributed by atoms with van der Waals surface area (Å²) < 4.78 is 120. The van der Waals surface area contributed by atoms with Crippen LogP contribution in [-0.4, -0.2) is 374 Å². The van der Waals surface area contributed by atoms with Crippen LogP contribution in [-0.2, 0) is 133 Å². The molecule has 666 valence electrons. The number of imide groups is 1. The van der Waals surface area contributed by atoms with Crippen molar-refractivity contribution in [3.05, 3.63) is 31.3 Å². The van der Waals surface area contributed by atoms with Crippen molar-refractivity contribution < 1.29 is 143 Å². The third-order valence-corrected chi connectivity index (χ3v) is 14.0.